The molecule has 1 unspecified atom stereocenters. The van der Waals surface area contributed by atoms with E-state index in [2.05, 4.69) is 0 Å². The van der Waals surface area contributed by atoms with E-state index in [1.165, 1.54) is 4.90 Å². The lowest BCUT2D eigenvalue weighted by molar-refractivity contribution is -0.134. The van der Waals surface area contributed by atoms with Crippen LogP contribution in [0.25, 0.3) is 0 Å². The summed E-state index contributed by atoms with van der Waals surface area (Å²) < 4.78 is 5.70. The normalized spacial score (nSPS) is 21.8. The van der Waals surface area contributed by atoms with Crippen molar-refractivity contribution in [1.82, 2.24) is 4.90 Å². The Morgan fingerprint density at radius 3 is 2.90 bits per heavy atom. The molecule has 114 valence electrons. The molecule has 1 N–H and O–H groups in total. The van der Waals surface area contributed by atoms with Crippen molar-refractivity contribution < 1.29 is 19.4 Å². The smallest absolute Gasteiger partial charge is 0.356 e. The Hall–Kier alpha value is -1.75. The van der Waals surface area contributed by atoms with Crippen LogP contribution in [-0.2, 0) is 14.3 Å². The molecule has 2 aliphatic rings. The molecular weight excluding hydrogens is 294 g/mol. The van der Waals surface area contributed by atoms with Gasteiger partial charge < -0.3 is 14.7 Å². The Labute approximate surface area is 128 Å². The van der Waals surface area contributed by atoms with Crippen molar-refractivity contribution in [3.05, 3.63) is 34.9 Å². The zero-order valence-corrected chi connectivity index (χ0v) is 12.8. The summed E-state index contributed by atoms with van der Waals surface area (Å²) in [4.78, 5) is 24.7. The molecule has 6 heteroatoms. The first-order chi connectivity index (χ1) is 9.95. The molecule has 0 fully saturated rings. The summed E-state index contributed by atoms with van der Waals surface area (Å²) in [6.45, 7) is 2.46. The molecule has 2 rings (SSSR count). The molecule has 0 saturated heterocycles. The van der Waals surface area contributed by atoms with Gasteiger partial charge in [0.05, 0.1) is 6.61 Å². The van der Waals surface area contributed by atoms with Crippen LogP contribution < -0.4 is 0 Å². The minimum atomic E-state index is -1.07. The molecule has 0 saturated carbocycles. The summed E-state index contributed by atoms with van der Waals surface area (Å²) in [5, 5.41) is 8.67. The van der Waals surface area contributed by atoms with Crippen molar-refractivity contribution in [3.8, 4) is 0 Å². The molecule has 1 aliphatic heterocycles. The van der Waals surface area contributed by atoms with E-state index in [-0.39, 0.29) is 17.9 Å². The molecule has 0 amide bonds. The standard InChI is InChI=1S/C15H18ClNO4/c1-3-4-5-21-14-10-7-11(16)12(18)6-9(10)8-17(2)13(14)15(19)20/h7-8,11H,3-6H2,1-2H3,(H,19,20). The molecule has 1 atom stereocenters. The number of hydrogen-bond donors (Lipinski definition) is 1. The molecule has 0 radical (unpaired) electrons. The van der Waals surface area contributed by atoms with Gasteiger partial charge in [-0.2, -0.15) is 0 Å². The number of carbonyl (C=O) groups is 2. The number of Topliss-reactive ketones (excluding diaryl/α,β-unsaturated/α-hetero) is 1. The Morgan fingerprint density at radius 2 is 2.29 bits per heavy atom. The molecule has 0 spiro atoms. The third kappa shape index (κ3) is 3.13. The largest absolute Gasteiger partial charge is 0.490 e. The fraction of sp³-hybridized carbons (Fsp3) is 0.467. The van der Waals surface area contributed by atoms with Gasteiger partial charge in [0, 0.05) is 25.2 Å². The Balaban J connectivity index is 2.44. The van der Waals surface area contributed by atoms with E-state index in [0.29, 0.717) is 17.9 Å². The highest BCUT2D eigenvalue weighted by molar-refractivity contribution is 6.33. The van der Waals surface area contributed by atoms with Gasteiger partial charge in [0.25, 0.3) is 0 Å². The number of unbranched alkanes of at least 4 members (excludes halogenated alkanes) is 1. The highest BCUT2D eigenvalue weighted by Gasteiger charge is 2.34. The van der Waals surface area contributed by atoms with Crippen molar-refractivity contribution in [2.45, 2.75) is 31.6 Å². The maximum absolute atomic E-state index is 11.7. The summed E-state index contributed by atoms with van der Waals surface area (Å²) in [7, 11) is 1.63. The number of hydrogen-bond acceptors (Lipinski definition) is 4. The topological polar surface area (TPSA) is 66.8 Å². The van der Waals surface area contributed by atoms with Crippen molar-refractivity contribution >= 4 is 23.4 Å². The number of ether oxygens (including phenoxy) is 1. The third-order valence-corrected chi connectivity index (χ3v) is 3.81. The zero-order valence-electron chi connectivity index (χ0n) is 12.1. The lowest BCUT2D eigenvalue weighted by Gasteiger charge is -2.31. The maximum Gasteiger partial charge on any atom is 0.356 e. The van der Waals surface area contributed by atoms with Crippen LogP contribution in [0, 0.1) is 0 Å². The number of carbonyl (C=O) groups excluding carboxylic acids is 1. The molecule has 5 nitrogen and oxygen atoms in total. The Kier molecular flexibility index (Phi) is 4.73. The fourth-order valence-electron chi connectivity index (χ4n) is 2.36. The number of carboxylic acids is 1. The van der Waals surface area contributed by atoms with Gasteiger partial charge in [-0.05, 0) is 18.1 Å². The fourth-order valence-corrected chi connectivity index (χ4v) is 2.57. The molecule has 0 aromatic rings. The van der Waals surface area contributed by atoms with Crippen LogP contribution in [-0.4, -0.2) is 40.8 Å². The quantitative estimate of drug-likeness (QED) is 0.624. The van der Waals surface area contributed by atoms with Crippen LogP contribution in [0.3, 0.4) is 0 Å². The van der Waals surface area contributed by atoms with E-state index in [9.17, 15) is 14.7 Å². The third-order valence-electron chi connectivity index (χ3n) is 3.44. The number of ketones is 1. The maximum atomic E-state index is 11.7. The number of fused-ring (bicyclic) bond motifs is 1. The van der Waals surface area contributed by atoms with E-state index < -0.39 is 11.3 Å². The number of likely N-dealkylation sites (N-methyl/N-ethyl adjacent to an activating group) is 1. The van der Waals surface area contributed by atoms with Gasteiger partial charge in [-0.25, -0.2) is 4.79 Å². The minimum absolute atomic E-state index is 0.0688. The first kappa shape index (κ1) is 15.6. The molecule has 0 aromatic carbocycles. The van der Waals surface area contributed by atoms with Crippen LogP contribution >= 0.6 is 11.6 Å². The van der Waals surface area contributed by atoms with Crippen LogP contribution in [0.1, 0.15) is 26.2 Å². The van der Waals surface area contributed by atoms with E-state index in [4.69, 9.17) is 16.3 Å². The number of allylic oxidation sites excluding steroid dienone is 2. The monoisotopic (exact) mass is 311 g/mol. The average molecular weight is 312 g/mol. The average Bonchev–Trinajstić information content (AvgIpc) is 2.40. The number of halogens is 1. The van der Waals surface area contributed by atoms with E-state index in [0.717, 1.165) is 18.4 Å². The molecule has 21 heavy (non-hydrogen) atoms. The lowest BCUT2D eigenvalue weighted by atomic mass is 9.89. The van der Waals surface area contributed by atoms with Crippen LogP contribution in [0.2, 0.25) is 0 Å². The van der Waals surface area contributed by atoms with Crippen LogP contribution in [0.15, 0.2) is 34.9 Å². The van der Waals surface area contributed by atoms with Gasteiger partial charge in [0.15, 0.2) is 17.2 Å². The summed E-state index contributed by atoms with van der Waals surface area (Å²) >= 11 is 5.98. The molecule has 0 aromatic heterocycles. The van der Waals surface area contributed by atoms with Crippen LogP contribution in [0.5, 0.6) is 0 Å². The van der Waals surface area contributed by atoms with E-state index in [1.807, 2.05) is 6.92 Å². The highest BCUT2D eigenvalue weighted by atomic mass is 35.5. The van der Waals surface area contributed by atoms with Gasteiger partial charge in [0.2, 0.25) is 0 Å². The van der Waals surface area contributed by atoms with E-state index in [1.54, 1.807) is 19.3 Å². The number of aliphatic carboxylic acids is 1. The van der Waals surface area contributed by atoms with Gasteiger partial charge in [-0.1, -0.05) is 13.3 Å². The Bertz CT molecular complexity index is 562. The summed E-state index contributed by atoms with van der Waals surface area (Å²) in [5.41, 5.74) is 1.44. The van der Waals surface area contributed by atoms with Crippen molar-refractivity contribution in [2.75, 3.05) is 13.7 Å². The second-order valence-electron chi connectivity index (χ2n) is 5.08. The summed E-state index contributed by atoms with van der Waals surface area (Å²) in [6.07, 6.45) is 5.20. The van der Waals surface area contributed by atoms with Gasteiger partial charge >= 0.3 is 5.97 Å². The van der Waals surface area contributed by atoms with Crippen molar-refractivity contribution in [2.24, 2.45) is 0 Å². The molecular formula is C15H18ClNO4. The van der Waals surface area contributed by atoms with Crippen molar-refractivity contribution in [3.63, 3.8) is 0 Å². The Morgan fingerprint density at radius 1 is 1.57 bits per heavy atom. The SMILES string of the molecule is CCCCOC1=C(C(=O)O)N(C)C=C2CC(=O)C(Cl)C=C21. The molecule has 1 aliphatic carbocycles. The first-order valence-corrected chi connectivity index (χ1v) is 7.32. The second kappa shape index (κ2) is 6.35. The zero-order chi connectivity index (χ0) is 15.6. The molecule has 0 bridgehead atoms. The lowest BCUT2D eigenvalue weighted by Crippen LogP contribution is -2.30. The predicted molar refractivity (Wildman–Crippen MR) is 78.7 cm³/mol. The summed E-state index contributed by atoms with van der Waals surface area (Å²) in [6, 6.07) is 0. The van der Waals surface area contributed by atoms with E-state index >= 15 is 0 Å². The predicted octanol–water partition coefficient (Wildman–Crippen LogP) is 2.44. The highest BCUT2D eigenvalue weighted by Crippen LogP contribution is 2.36. The van der Waals surface area contributed by atoms with Gasteiger partial charge in [0.1, 0.15) is 5.38 Å². The van der Waals surface area contributed by atoms with Gasteiger partial charge in [-0.15, -0.1) is 11.6 Å². The van der Waals surface area contributed by atoms with Gasteiger partial charge in [-0.3, -0.25) is 4.79 Å². The number of nitrogens with zero attached hydrogens (tertiary/aromatic N) is 1. The van der Waals surface area contributed by atoms with Crippen LogP contribution in [0.4, 0.5) is 0 Å². The summed E-state index contributed by atoms with van der Waals surface area (Å²) in [5.74, 6) is -0.857. The number of rotatable bonds is 5. The second-order valence-corrected chi connectivity index (χ2v) is 5.55. The van der Waals surface area contributed by atoms with Crippen molar-refractivity contribution in [1.29, 1.82) is 0 Å². The molecule has 1 heterocycles. The number of alkyl halides is 1. The minimum Gasteiger partial charge on any atom is -0.490 e. The number of carboxylic acid groups (broad SMARTS) is 1. The first-order valence-electron chi connectivity index (χ1n) is 6.89.